The van der Waals surface area contributed by atoms with Gasteiger partial charge in [0.1, 0.15) is 10.2 Å². The van der Waals surface area contributed by atoms with Crippen LogP contribution in [0, 0.1) is 0 Å². The Bertz CT molecular complexity index is 491. The van der Waals surface area contributed by atoms with Gasteiger partial charge in [-0.05, 0) is 28.4 Å². The number of ether oxygens (including phenoxy) is 2. The number of carboxylic acid groups (broad SMARTS) is 1. The second-order valence-electron chi connectivity index (χ2n) is 3.90. The molecule has 2 rings (SSSR count). The van der Waals surface area contributed by atoms with Gasteiger partial charge in [-0.1, -0.05) is 0 Å². The number of benzene rings is 1. The summed E-state index contributed by atoms with van der Waals surface area (Å²) < 4.78 is 10.8. The zero-order valence-electron chi connectivity index (χ0n) is 9.35. The molecule has 4 N–H and O–H groups in total. The number of carboxylic acids is 1. The Labute approximate surface area is 111 Å². The van der Waals surface area contributed by atoms with E-state index in [2.05, 4.69) is 15.9 Å². The number of phenols is 1. The summed E-state index contributed by atoms with van der Waals surface area (Å²) in [5.41, 5.74) is 6.30. The number of aromatic hydroxyl groups is 1. The fourth-order valence-electron chi connectivity index (χ4n) is 1.73. The number of halogens is 1. The first-order valence-corrected chi connectivity index (χ1v) is 6.08. The minimum Gasteiger partial charge on any atom is -0.506 e. The molecule has 0 radical (unpaired) electrons. The largest absolute Gasteiger partial charge is 0.506 e. The molecule has 1 aromatic carbocycles. The van der Waals surface area contributed by atoms with Crippen molar-refractivity contribution in [3.05, 3.63) is 16.1 Å². The van der Waals surface area contributed by atoms with Crippen molar-refractivity contribution < 1.29 is 24.5 Å². The molecular weight excluding hydrogens is 306 g/mol. The molecule has 1 aliphatic heterocycles. The molecule has 0 fully saturated rings. The molecule has 0 aliphatic carbocycles. The molecular formula is C11H12BrNO5. The van der Waals surface area contributed by atoms with E-state index in [0.29, 0.717) is 21.5 Å². The highest BCUT2D eigenvalue weighted by molar-refractivity contribution is 9.10. The molecule has 18 heavy (non-hydrogen) atoms. The summed E-state index contributed by atoms with van der Waals surface area (Å²) in [6.07, 6.45) is 0.168. The maximum atomic E-state index is 10.5. The third-order valence-corrected chi connectivity index (χ3v) is 3.41. The van der Waals surface area contributed by atoms with Gasteiger partial charge in [-0.25, -0.2) is 0 Å². The monoisotopic (exact) mass is 317 g/mol. The van der Waals surface area contributed by atoms with Crippen molar-refractivity contribution in [2.45, 2.75) is 18.9 Å². The first-order chi connectivity index (χ1) is 8.50. The Morgan fingerprint density at radius 3 is 2.94 bits per heavy atom. The summed E-state index contributed by atoms with van der Waals surface area (Å²) in [5.74, 6) is -0.0518. The summed E-state index contributed by atoms with van der Waals surface area (Å²) in [4.78, 5) is 10.5. The first kappa shape index (κ1) is 13.0. The summed E-state index contributed by atoms with van der Waals surface area (Å²) in [6.45, 7) is 0.0845. The van der Waals surface area contributed by atoms with Gasteiger partial charge in [-0.2, -0.15) is 0 Å². The van der Waals surface area contributed by atoms with Crippen LogP contribution in [0.25, 0.3) is 0 Å². The van der Waals surface area contributed by atoms with E-state index < -0.39 is 12.0 Å². The van der Waals surface area contributed by atoms with Crippen LogP contribution >= 0.6 is 15.9 Å². The summed E-state index contributed by atoms with van der Waals surface area (Å²) in [5, 5.41) is 18.6. The van der Waals surface area contributed by atoms with Crippen molar-refractivity contribution in [1.29, 1.82) is 0 Å². The molecule has 0 saturated carbocycles. The molecule has 6 nitrogen and oxygen atoms in total. The zero-order valence-corrected chi connectivity index (χ0v) is 10.9. The smallest absolute Gasteiger partial charge is 0.303 e. The van der Waals surface area contributed by atoms with Gasteiger partial charge >= 0.3 is 5.97 Å². The molecule has 1 aromatic rings. The van der Waals surface area contributed by atoms with Crippen LogP contribution in [-0.4, -0.2) is 23.0 Å². The first-order valence-electron chi connectivity index (χ1n) is 5.29. The van der Waals surface area contributed by atoms with Crippen molar-refractivity contribution in [1.82, 2.24) is 0 Å². The molecule has 0 amide bonds. The van der Waals surface area contributed by atoms with E-state index in [1.165, 1.54) is 0 Å². The predicted molar refractivity (Wildman–Crippen MR) is 65.7 cm³/mol. The van der Waals surface area contributed by atoms with E-state index >= 15 is 0 Å². The minimum atomic E-state index is -0.926. The Balaban J connectivity index is 2.28. The van der Waals surface area contributed by atoms with E-state index in [1.807, 2.05) is 0 Å². The van der Waals surface area contributed by atoms with Gasteiger partial charge in [0.05, 0.1) is 0 Å². The molecule has 7 heteroatoms. The van der Waals surface area contributed by atoms with Gasteiger partial charge in [0, 0.05) is 18.0 Å². The number of carbonyl (C=O) groups is 1. The van der Waals surface area contributed by atoms with Gasteiger partial charge < -0.3 is 25.4 Å². The average molecular weight is 318 g/mol. The van der Waals surface area contributed by atoms with Crippen molar-refractivity contribution in [3.63, 3.8) is 0 Å². The zero-order chi connectivity index (χ0) is 13.3. The van der Waals surface area contributed by atoms with Crippen molar-refractivity contribution >= 4 is 21.9 Å². The van der Waals surface area contributed by atoms with Crippen LogP contribution in [0.4, 0.5) is 0 Å². The van der Waals surface area contributed by atoms with Gasteiger partial charge in [0.25, 0.3) is 0 Å². The van der Waals surface area contributed by atoms with Crippen LogP contribution in [0.1, 0.15) is 24.4 Å². The van der Waals surface area contributed by atoms with Gasteiger partial charge in [0.2, 0.25) is 6.79 Å². The normalized spacial score (nSPS) is 14.6. The van der Waals surface area contributed by atoms with Crippen LogP contribution in [-0.2, 0) is 4.79 Å². The second-order valence-corrected chi connectivity index (χ2v) is 4.69. The molecule has 1 unspecified atom stereocenters. The molecule has 0 saturated heterocycles. The lowest BCUT2D eigenvalue weighted by atomic mass is 10.0. The molecule has 0 spiro atoms. The fourth-order valence-corrected chi connectivity index (χ4v) is 2.27. The Morgan fingerprint density at radius 1 is 1.56 bits per heavy atom. The lowest BCUT2D eigenvalue weighted by Crippen LogP contribution is -2.12. The highest BCUT2D eigenvalue weighted by Crippen LogP contribution is 2.47. The second kappa shape index (κ2) is 5.03. The van der Waals surface area contributed by atoms with Gasteiger partial charge in [-0.3, -0.25) is 4.79 Å². The van der Waals surface area contributed by atoms with E-state index in [1.54, 1.807) is 6.07 Å². The van der Waals surface area contributed by atoms with E-state index in [0.717, 1.165) is 0 Å². The molecule has 0 aromatic heterocycles. The Kier molecular flexibility index (Phi) is 3.63. The van der Waals surface area contributed by atoms with E-state index in [4.69, 9.17) is 20.3 Å². The van der Waals surface area contributed by atoms with Crippen LogP contribution in [0.15, 0.2) is 10.5 Å². The third-order valence-electron chi connectivity index (χ3n) is 2.68. The lowest BCUT2D eigenvalue weighted by molar-refractivity contribution is -0.137. The predicted octanol–water partition coefficient (Wildman–Crippen LogP) is 1.75. The standard InChI is InChI=1S/C11H12BrNO5/c12-9-10(16)5(6(13)1-2-8(14)15)3-7-11(9)18-4-17-7/h3,6,16H,1-2,4,13H2,(H,14,15). The van der Waals surface area contributed by atoms with Crippen molar-refractivity contribution in [3.8, 4) is 17.2 Å². The van der Waals surface area contributed by atoms with Gasteiger partial charge in [-0.15, -0.1) is 0 Å². The number of hydrogen-bond acceptors (Lipinski definition) is 5. The number of nitrogens with two attached hydrogens (primary N) is 1. The number of aliphatic carboxylic acids is 1. The number of phenolic OH excluding ortho intramolecular Hbond substituents is 1. The Hall–Kier alpha value is -1.47. The molecule has 1 aliphatic rings. The maximum Gasteiger partial charge on any atom is 0.303 e. The molecule has 98 valence electrons. The summed E-state index contributed by atoms with van der Waals surface area (Å²) >= 11 is 3.20. The average Bonchev–Trinajstić information content (AvgIpc) is 2.79. The highest BCUT2D eigenvalue weighted by atomic mass is 79.9. The van der Waals surface area contributed by atoms with Crippen LogP contribution in [0.2, 0.25) is 0 Å². The van der Waals surface area contributed by atoms with Crippen molar-refractivity contribution in [2.24, 2.45) is 5.73 Å². The maximum absolute atomic E-state index is 10.5. The van der Waals surface area contributed by atoms with Gasteiger partial charge in [0.15, 0.2) is 11.5 Å². The minimum absolute atomic E-state index is 0.0443. The van der Waals surface area contributed by atoms with E-state index in [9.17, 15) is 9.90 Å². The van der Waals surface area contributed by atoms with Crippen LogP contribution < -0.4 is 15.2 Å². The summed E-state index contributed by atoms with van der Waals surface area (Å²) in [7, 11) is 0. The number of hydrogen-bond donors (Lipinski definition) is 3. The Morgan fingerprint density at radius 2 is 2.28 bits per heavy atom. The SMILES string of the molecule is NC(CCC(=O)O)c1cc2c(c(Br)c1O)OCO2. The van der Waals surface area contributed by atoms with Crippen LogP contribution in [0.5, 0.6) is 17.2 Å². The summed E-state index contributed by atoms with van der Waals surface area (Å²) in [6, 6.07) is 1.00. The highest BCUT2D eigenvalue weighted by Gasteiger charge is 2.25. The topological polar surface area (TPSA) is 102 Å². The lowest BCUT2D eigenvalue weighted by Gasteiger charge is -2.14. The van der Waals surface area contributed by atoms with E-state index in [-0.39, 0.29) is 25.4 Å². The van der Waals surface area contributed by atoms with Crippen LogP contribution in [0.3, 0.4) is 0 Å². The molecule has 0 bridgehead atoms. The fraction of sp³-hybridized carbons (Fsp3) is 0.364. The molecule has 1 atom stereocenters. The number of rotatable bonds is 4. The quantitative estimate of drug-likeness (QED) is 0.782. The molecule has 1 heterocycles. The third kappa shape index (κ3) is 2.37. The number of fused-ring (bicyclic) bond motifs is 1. The van der Waals surface area contributed by atoms with Crippen molar-refractivity contribution in [2.75, 3.05) is 6.79 Å².